The molecule has 0 aliphatic rings. The highest BCUT2D eigenvalue weighted by Crippen LogP contribution is 2.30. The van der Waals surface area contributed by atoms with Crippen molar-refractivity contribution in [3.8, 4) is 17.0 Å². The van der Waals surface area contributed by atoms with Crippen LogP contribution in [0, 0.1) is 6.92 Å². The molecule has 2 heterocycles. The minimum absolute atomic E-state index is 0.0131. The van der Waals surface area contributed by atoms with Gasteiger partial charge in [0.15, 0.2) is 4.80 Å². The van der Waals surface area contributed by atoms with Crippen molar-refractivity contribution < 1.29 is 19.1 Å². The molecule has 2 aromatic heterocycles. The third kappa shape index (κ3) is 6.52. The van der Waals surface area contributed by atoms with E-state index in [2.05, 4.69) is 15.3 Å². The third-order valence-electron chi connectivity index (χ3n) is 4.92. The summed E-state index contributed by atoms with van der Waals surface area (Å²) in [5.41, 5.74) is 9.78. The largest absolute Gasteiger partial charge is 0.494 e. The second kappa shape index (κ2) is 12.1. The fourth-order valence-corrected chi connectivity index (χ4v) is 4.20. The number of aryl methyl sites for hydroxylation is 1. The number of nitrogen functional groups attached to an aromatic ring is 1. The van der Waals surface area contributed by atoms with Crippen LogP contribution < -0.4 is 20.6 Å². The number of pyridine rings is 1. The van der Waals surface area contributed by atoms with Gasteiger partial charge >= 0.3 is 0 Å². The maximum absolute atomic E-state index is 12.8. The van der Waals surface area contributed by atoms with E-state index in [-0.39, 0.29) is 18.4 Å². The van der Waals surface area contributed by atoms with E-state index in [4.69, 9.17) is 15.2 Å². The van der Waals surface area contributed by atoms with Crippen molar-refractivity contribution in [3.05, 3.63) is 58.0 Å². The van der Waals surface area contributed by atoms with Crippen LogP contribution in [0.15, 0.2) is 46.9 Å². The number of hydrogen-bond acceptors (Lipinski definition) is 7. The first kappa shape index (κ1) is 25.1. The molecule has 3 rings (SSSR count). The van der Waals surface area contributed by atoms with Gasteiger partial charge in [0.2, 0.25) is 5.91 Å². The Kier molecular flexibility index (Phi) is 8.94. The van der Waals surface area contributed by atoms with Crippen LogP contribution in [0.1, 0.15) is 29.4 Å². The summed E-state index contributed by atoms with van der Waals surface area (Å²) in [5.74, 6) is 0.141. The molecule has 0 aliphatic carbocycles. The van der Waals surface area contributed by atoms with Gasteiger partial charge in [0, 0.05) is 54.8 Å². The Balaban J connectivity index is 1.93. The highest BCUT2D eigenvalue weighted by atomic mass is 32.1. The Bertz CT molecular complexity index is 1200. The van der Waals surface area contributed by atoms with Gasteiger partial charge in [0.1, 0.15) is 12.4 Å². The van der Waals surface area contributed by atoms with Crippen LogP contribution in [0.25, 0.3) is 11.3 Å². The molecule has 1 aromatic carbocycles. The fraction of sp³-hybridized carbons (Fsp3) is 0.333. The topological polar surface area (TPSA) is 121 Å². The van der Waals surface area contributed by atoms with E-state index in [0.717, 1.165) is 17.0 Å². The number of thiazole rings is 1. The number of amides is 2. The van der Waals surface area contributed by atoms with Crippen LogP contribution in [0.3, 0.4) is 0 Å². The normalized spacial score (nSPS) is 11.4. The SMILES string of the molecule is CCOc1ccc(-c2csc(=NC(=O)c3ccc(C)nc3)n2CCCNC(=O)COC)c(N)c1. The molecule has 3 aromatic rings. The number of carbonyl (C=O) groups excluding carboxylic acids is 2. The summed E-state index contributed by atoms with van der Waals surface area (Å²) in [4.78, 5) is 33.5. The number of aromatic nitrogens is 2. The Morgan fingerprint density at radius 2 is 2.09 bits per heavy atom. The smallest absolute Gasteiger partial charge is 0.281 e. The van der Waals surface area contributed by atoms with Crippen molar-refractivity contribution in [2.45, 2.75) is 26.8 Å². The van der Waals surface area contributed by atoms with Crippen molar-refractivity contribution in [1.29, 1.82) is 0 Å². The molecule has 2 amide bonds. The maximum atomic E-state index is 12.8. The second-order valence-corrected chi connectivity index (χ2v) is 8.32. The number of nitrogens with two attached hydrogens (primary N) is 1. The summed E-state index contributed by atoms with van der Waals surface area (Å²) in [6.45, 7) is 5.31. The third-order valence-corrected chi connectivity index (χ3v) is 5.78. The summed E-state index contributed by atoms with van der Waals surface area (Å²) in [7, 11) is 1.47. The first-order valence-electron chi connectivity index (χ1n) is 10.9. The van der Waals surface area contributed by atoms with Crippen molar-refractivity contribution in [1.82, 2.24) is 14.9 Å². The number of anilines is 1. The lowest BCUT2D eigenvalue weighted by atomic mass is 10.1. The molecule has 0 aliphatic heterocycles. The van der Waals surface area contributed by atoms with Crippen LogP contribution in [-0.2, 0) is 16.1 Å². The van der Waals surface area contributed by atoms with Gasteiger partial charge in [0.25, 0.3) is 5.91 Å². The van der Waals surface area contributed by atoms with E-state index < -0.39 is 0 Å². The lowest BCUT2D eigenvalue weighted by Crippen LogP contribution is -2.29. The molecule has 180 valence electrons. The van der Waals surface area contributed by atoms with Crippen molar-refractivity contribution in [2.24, 2.45) is 4.99 Å². The Hall–Kier alpha value is -3.50. The van der Waals surface area contributed by atoms with Gasteiger partial charge in [-0.3, -0.25) is 14.6 Å². The summed E-state index contributed by atoms with van der Waals surface area (Å²) >= 11 is 1.35. The zero-order chi connectivity index (χ0) is 24.5. The molecule has 10 heteroatoms. The standard InChI is InChI=1S/C24H29N5O4S/c1-4-33-18-8-9-19(20(25)12-18)21-15-34-24(28-23(31)17-7-6-16(2)27-13-17)29(21)11-5-10-26-22(30)14-32-3/h6-9,12-13,15H,4-5,10-11,14,25H2,1-3H3,(H,26,30). The molecular formula is C24H29N5O4S. The first-order valence-corrected chi connectivity index (χ1v) is 11.8. The first-order chi connectivity index (χ1) is 16.4. The lowest BCUT2D eigenvalue weighted by Gasteiger charge is -2.13. The van der Waals surface area contributed by atoms with Gasteiger partial charge in [-0.2, -0.15) is 4.99 Å². The predicted octanol–water partition coefficient (Wildman–Crippen LogP) is 2.79. The van der Waals surface area contributed by atoms with E-state index in [1.54, 1.807) is 18.2 Å². The lowest BCUT2D eigenvalue weighted by molar-refractivity contribution is -0.124. The molecule has 0 saturated carbocycles. The van der Waals surface area contributed by atoms with Gasteiger partial charge < -0.3 is 25.1 Å². The monoisotopic (exact) mass is 483 g/mol. The minimum Gasteiger partial charge on any atom is -0.494 e. The highest BCUT2D eigenvalue weighted by Gasteiger charge is 2.14. The molecule has 3 N–H and O–H groups in total. The zero-order valence-electron chi connectivity index (χ0n) is 19.5. The number of hydrogen-bond donors (Lipinski definition) is 2. The number of rotatable bonds is 10. The summed E-state index contributed by atoms with van der Waals surface area (Å²) < 4.78 is 12.3. The summed E-state index contributed by atoms with van der Waals surface area (Å²) in [5, 5.41) is 4.73. The van der Waals surface area contributed by atoms with E-state index in [9.17, 15) is 9.59 Å². The van der Waals surface area contributed by atoms with Crippen LogP contribution in [0.2, 0.25) is 0 Å². The molecule has 0 saturated heterocycles. The van der Waals surface area contributed by atoms with E-state index in [1.165, 1.54) is 24.6 Å². The van der Waals surface area contributed by atoms with Gasteiger partial charge in [0.05, 0.1) is 17.9 Å². The van der Waals surface area contributed by atoms with Crippen LogP contribution in [-0.4, -0.2) is 48.2 Å². The van der Waals surface area contributed by atoms with Crippen LogP contribution >= 0.6 is 11.3 Å². The average Bonchev–Trinajstić information content (AvgIpc) is 3.19. The number of benzene rings is 1. The van der Waals surface area contributed by atoms with Crippen molar-refractivity contribution >= 4 is 28.8 Å². The van der Waals surface area contributed by atoms with Gasteiger partial charge in [-0.15, -0.1) is 11.3 Å². The van der Waals surface area contributed by atoms with E-state index in [1.807, 2.05) is 35.9 Å². The van der Waals surface area contributed by atoms with Crippen molar-refractivity contribution in [3.63, 3.8) is 0 Å². The molecule has 0 fully saturated rings. The quantitative estimate of drug-likeness (QED) is 0.338. The number of nitrogens with one attached hydrogen (secondary N) is 1. The molecule has 0 unspecified atom stereocenters. The molecular weight excluding hydrogens is 454 g/mol. The number of nitrogens with zero attached hydrogens (tertiary/aromatic N) is 3. The highest BCUT2D eigenvalue weighted by molar-refractivity contribution is 7.07. The maximum Gasteiger partial charge on any atom is 0.281 e. The average molecular weight is 484 g/mol. The fourth-order valence-electron chi connectivity index (χ4n) is 3.27. The van der Waals surface area contributed by atoms with Gasteiger partial charge in [-0.1, -0.05) is 0 Å². The second-order valence-electron chi connectivity index (χ2n) is 7.48. The Morgan fingerprint density at radius 1 is 1.26 bits per heavy atom. The minimum atomic E-state index is -0.372. The van der Waals surface area contributed by atoms with Gasteiger partial charge in [-0.25, -0.2) is 0 Å². The number of ether oxygens (including phenoxy) is 2. The number of methoxy groups -OCH3 is 1. The number of carbonyl (C=O) groups is 2. The molecule has 0 atom stereocenters. The summed E-state index contributed by atoms with van der Waals surface area (Å²) in [6.07, 6.45) is 2.15. The summed E-state index contributed by atoms with van der Waals surface area (Å²) in [6, 6.07) is 9.03. The van der Waals surface area contributed by atoms with Crippen molar-refractivity contribution in [2.75, 3.05) is 32.6 Å². The molecule has 0 radical (unpaired) electrons. The Labute approximate surface area is 202 Å². The predicted molar refractivity (Wildman–Crippen MR) is 132 cm³/mol. The Morgan fingerprint density at radius 3 is 2.76 bits per heavy atom. The van der Waals surface area contributed by atoms with E-state index in [0.29, 0.717) is 47.9 Å². The molecule has 0 bridgehead atoms. The molecule has 0 spiro atoms. The van der Waals surface area contributed by atoms with E-state index >= 15 is 0 Å². The van der Waals surface area contributed by atoms with Gasteiger partial charge in [-0.05, 0) is 44.5 Å². The van der Waals surface area contributed by atoms with Crippen LogP contribution in [0.4, 0.5) is 5.69 Å². The molecule has 9 nitrogen and oxygen atoms in total. The zero-order valence-corrected chi connectivity index (χ0v) is 20.4. The van der Waals surface area contributed by atoms with Crippen LogP contribution in [0.5, 0.6) is 5.75 Å². The molecule has 34 heavy (non-hydrogen) atoms.